The lowest BCUT2D eigenvalue weighted by molar-refractivity contribution is -0.137. The minimum atomic E-state index is -0.268. The first-order valence-electron chi connectivity index (χ1n) is 5.87. The van der Waals surface area contributed by atoms with Gasteiger partial charge in [-0.25, -0.2) is 4.79 Å². The van der Waals surface area contributed by atoms with Gasteiger partial charge in [0.25, 0.3) is 0 Å². The van der Waals surface area contributed by atoms with E-state index < -0.39 is 0 Å². The molecule has 90 valence electrons. The summed E-state index contributed by atoms with van der Waals surface area (Å²) in [7, 11) is 0. The van der Waals surface area contributed by atoms with Crippen LogP contribution < -0.4 is 0 Å². The fraction of sp³-hybridized carbons (Fsp3) is 0.357. The lowest BCUT2D eigenvalue weighted by Gasteiger charge is -2.19. The van der Waals surface area contributed by atoms with Gasteiger partial charge in [0.05, 0.1) is 6.61 Å². The summed E-state index contributed by atoms with van der Waals surface area (Å²) in [6, 6.07) is 5.87. The van der Waals surface area contributed by atoms with E-state index in [1.807, 2.05) is 25.1 Å². The molecule has 0 spiro atoms. The van der Waals surface area contributed by atoms with Crippen LogP contribution >= 0.6 is 11.6 Å². The number of esters is 1. The molecule has 0 N–H and O–H groups in total. The number of halogens is 1. The SMILES string of the molecule is CCOC(=O)/C=C1\CCCc2ccc(Cl)cc21. The number of benzene rings is 1. The number of allylic oxidation sites excluding steroid dienone is 1. The maximum atomic E-state index is 11.5. The molecule has 2 rings (SSSR count). The predicted octanol–water partition coefficient (Wildman–Crippen LogP) is 3.62. The molecule has 0 radical (unpaired) electrons. The Labute approximate surface area is 106 Å². The molecule has 0 saturated carbocycles. The second-order valence-electron chi connectivity index (χ2n) is 4.08. The minimum Gasteiger partial charge on any atom is -0.463 e. The molecular weight excluding hydrogens is 236 g/mol. The number of fused-ring (bicyclic) bond motifs is 1. The van der Waals surface area contributed by atoms with Crippen molar-refractivity contribution in [3.8, 4) is 0 Å². The van der Waals surface area contributed by atoms with Crippen LogP contribution in [0, 0.1) is 0 Å². The van der Waals surface area contributed by atoms with Crippen molar-refractivity contribution in [2.45, 2.75) is 26.2 Å². The van der Waals surface area contributed by atoms with Crippen molar-refractivity contribution in [3.63, 3.8) is 0 Å². The summed E-state index contributed by atoms with van der Waals surface area (Å²) in [5, 5.41) is 0.709. The number of carbonyl (C=O) groups is 1. The van der Waals surface area contributed by atoms with Crippen LogP contribution in [0.25, 0.3) is 5.57 Å². The molecule has 0 aromatic heterocycles. The van der Waals surface area contributed by atoms with Gasteiger partial charge in [0.2, 0.25) is 0 Å². The number of aryl methyl sites for hydroxylation is 1. The van der Waals surface area contributed by atoms with Gasteiger partial charge in [-0.05, 0) is 55.0 Å². The quantitative estimate of drug-likeness (QED) is 0.592. The summed E-state index contributed by atoms with van der Waals surface area (Å²) in [6.45, 7) is 2.22. The van der Waals surface area contributed by atoms with Gasteiger partial charge < -0.3 is 4.74 Å². The molecule has 0 amide bonds. The van der Waals surface area contributed by atoms with Crippen molar-refractivity contribution < 1.29 is 9.53 Å². The molecule has 0 bridgehead atoms. The largest absolute Gasteiger partial charge is 0.463 e. The van der Waals surface area contributed by atoms with Crippen LogP contribution in [0.2, 0.25) is 5.02 Å². The van der Waals surface area contributed by atoms with Gasteiger partial charge in [-0.15, -0.1) is 0 Å². The Morgan fingerprint density at radius 1 is 1.47 bits per heavy atom. The summed E-state index contributed by atoms with van der Waals surface area (Å²) in [5.41, 5.74) is 3.39. The number of rotatable bonds is 2. The summed E-state index contributed by atoms with van der Waals surface area (Å²) in [5.74, 6) is -0.268. The second kappa shape index (κ2) is 5.37. The van der Waals surface area contributed by atoms with E-state index in [2.05, 4.69) is 0 Å². The van der Waals surface area contributed by atoms with Crippen LogP contribution in [0.3, 0.4) is 0 Å². The van der Waals surface area contributed by atoms with Crippen molar-refractivity contribution >= 4 is 23.1 Å². The molecular formula is C14H15ClO2. The van der Waals surface area contributed by atoms with Crippen molar-refractivity contribution in [2.75, 3.05) is 6.61 Å². The highest BCUT2D eigenvalue weighted by Gasteiger charge is 2.15. The number of hydrogen-bond donors (Lipinski definition) is 0. The summed E-state index contributed by atoms with van der Waals surface area (Å²) < 4.78 is 4.94. The average Bonchev–Trinajstić information content (AvgIpc) is 2.30. The Morgan fingerprint density at radius 2 is 2.29 bits per heavy atom. The molecule has 1 aromatic rings. The second-order valence-corrected chi connectivity index (χ2v) is 4.51. The Kier molecular flexibility index (Phi) is 3.85. The van der Waals surface area contributed by atoms with Gasteiger partial charge in [0.15, 0.2) is 0 Å². The fourth-order valence-electron chi connectivity index (χ4n) is 2.15. The Hall–Kier alpha value is -1.28. The molecule has 1 aromatic carbocycles. The van der Waals surface area contributed by atoms with E-state index in [-0.39, 0.29) is 5.97 Å². The molecule has 3 heteroatoms. The van der Waals surface area contributed by atoms with Crippen LogP contribution in [0.5, 0.6) is 0 Å². The van der Waals surface area contributed by atoms with E-state index >= 15 is 0 Å². The summed E-state index contributed by atoms with van der Waals surface area (Å²) >= 11 is 6.00. The average molecular weight is 251 g/mol. The third-order valence-electron chi connectivity index (χ3n) is 2.89. The highest BCUT2D eigenvalue weighted by molar-refractivity contribution is 6.30. The lowest BCUT2D eigenvalue weighted by Crippen LogP contribution is -2.06. The lowest BCUT2D eigenvalue weighted by atomic mass is 9.87. The highest BCUT2D eigenvalue weighted by Crippen LogP contribution is 2.32. The van der Waals surface area contributed by atoms with Crippen molar-refractivity contribution in [2.24, 2.45) is 0 Å². The first kappa shape index (κ1) is 12.2. The van der Waals surface area contributed by atoms with Gasteiger partial charge in [0, 0.05) is 11.1 Å². The molecule has 0 heterocycles. The topological polar surface area (TPSA) is 26.3 Å². The molecule has 1 aliphatic carbocycles. The zero-order valence-corrected chi connectivity index (χ0v) is 10.6. The van der Waals surface area contributed by atoms with Crippen LogP contribution in [0.15, 0.2) is 24.3 Å². The smallest absolute Gasteiger partial charge is 0.331 e. The van der Waals surface area contributed by atoms with E-state index in [0.29, 0.717) is 11.6 Å². The Bertz CT molecular complexity index is 463. The molecule has 17 heavy (non-hydrogen) atoms. The van der Waals surface area contributed by atoms with Crippen LogP contribution in [0.1, 0.15) is 30.9 Å². The monoisotopic (exact) mass is 250 g/mol. The minimum absolute atomic E-state index is 0.268. The maximum absolute atomic E-state index is 11.5. The van der Waals surface area contributed by atoms with Gasteiger partial charge in [-0.2, -0.15) is 0 Å². The molecule has 0 unspecified atom stereocenters. The molecule has 1 aliphatic rings. The van der Waals surface area contributed by atoms with E-state index in [4.69, 9.17) is 16.3 Å². The highest BCUT2D eigenvalue weighted by atomic mass is 35.5. The van der Waals surface area contributed by atoms with Crippen molar-refractivity contribution in [1.82, 2.24) is 0 Å². The molecule has 0 saturated heterocycles. The van der Waals surface area contributed by atoms with Crippen LogP contribution in [-0.4, -0.2) is 12.6 Å². The number of carbonyl (C=O) groups excluding carboxylic acids is 1. The van der Waals surface area contributed by atoms with Gasteiger partial charge in [0.1, 0.15) is 0 Å². The molecule has 0 atom stereocenters. The van der Waals surface area contributed by atoms with Crippen LogP contribution in [-0.2, 0) is 16.0 Å². The zero-order chi connectivity index (χ0) is 12.3. The third-order valence-corrected chi connectivity index (χ3v) is 3.12. The van der Waals surface area contributed by atoms with E-state index in [1.54, 1.807) is 6.08 Å². The van der Waals surface area contributed by atoms with Gasteiger partial charge >= 0.3 is 5.97 Å². The standard InChI is InChI=1S/C14H15ClO2/c1-2-17-14(16)8-11-5-3-4-10-6-7-12(15)9-13(10)11/h6-9H,2-5H2,1H3/b11-8+. The van der Waals surface area contributed by atoms with Gasteiger partial charge in [-0.3, -0.25) is 0 Å². The van der Waals surface area contributed by atoms with E-state index in [1.165, 1.54) is 5.56 Å². The summed E-state index contributed by atoms with van der Waals surface area (Å²) in [6.07, 6.45) is 4.62. The number of ether oxygens (including phenoxy) is 1. The Morgan fingerprint density at radius 3 is 3.06 bits per heavy atom. The zero-order valence-electron chi connectivity index (χ0n) is 9.83. The molecule has 2 nitrogen and oxygen atoms in total. The fourth-order valence-corrected chi connectivity index (χ4v) is 2.32. The maximum Gasteiger partial charge on any atom is 0.331 e. The van der Waals surface area contributed by atoms with E-state index in [0.717, 1.165) is 30.4 Å². The summed E-state index contributed by atoms with van der Waals surface area (Å²) in [4.78, 5) is 11.5. The van der Waals surface area contributed by atoms with Crippen molar-refractivity contribution in [1.29, 1.82) is 0 Å². The first-order chi connectivity index (χ1) is 8.20. The predicted molar refractivity (Wildman–Crippen MR) is 69.0 cm³/mol. The van der Waals surface area contributed by atoms with Crippen molar-refractivity contribution in [3.05, 3.63) is 40.4 Å². The van der Waals surface area contributed by atoms with Crippen LogP contribution in [0.4, 0.5) is 0 Å². The molecule has 0 fully saturated rings. The third kappa shape index (κ3) is 2.89. The Balaban J connectivity index is 2.33. The first-order valence-corrected chi connectivity index (χ1v) is 6.24. The molecule has 0 aliphatic heterocycles. The normalized spacial score (nSPS) is 16.7. The van der Waals surface area contributed by atoms with Gasteiger partial charge in [-0.1, -0.05) is 17.7 Å². The van der Waals surface area contributed by atoms with E-state index in [9.17, 15) is 4.79 Å². The number of hydrogen-bond acceptors (Lipinski definition) is 2.